The van der Waals surface area contributed by atoms with Crippen molar-refractivity contribution >= 4 is 12.0 Å². The van der Waals surface area contributed by atoms with Gasteiger partial charge in [0.05, 0.1) is 7.11 Å². The SMILES string of the molecule is COc1ccc(/C=C/C(=O)N2CCCN(Cc3ccccc3)CC2)cc1. The normalized spacial score (nSPS) is 15.8. The van der Waals surface area contributed by atoms with Crippen LogP contribution in [-0.2, 0) is 11.3 Å². The van der Waals surface area contributed by atoms with Crippen molar-refractivity contribution in [2.45, 2.75) is 13.0 Å². The van der Waals surface area contributed by atoms with E-state index < -0.39 is 0 Å². The summed E-state index contributed by atoms with van der Waals surface area (Å²) >= 11 is 0. The Labute approximate surface area is 155 Å². The maximum atomic E-state index is 12.5. The number of benzene rings is 2. The lowest BCUT2D eigenvalue weighted by molar-refractivity contribution is -0.125. The standard InChI is InChI=1S/C22H26N2O2/c1-26-21-11-8-19(9-12-21)10-13-22(25)24-15-5-14-23(16-17-24)18-20-6-3-2-4-7-20/h2-4,6-13H,5,14-18H2,1H3/b13-10+. The van der Waals surface area contributed by atoms with Gasteiger partial charge in [-0.1, -0.05) is 42.5 Å². The molecule has 0 aromatic heterocycles. The minimum Gasteiger partial charge on any atom is -0.497 e. The molecule has 26 heavy (non-hydrogen) atoms. The average molecular weight is 350 g/mol. The molecule has 1 heterocycles. The molecule has 4 nitrogen and oxygen atoms in total. The lowest BCUT2D eigenvalue weighted by Crippen LogP contribution is -2.34. The van der Waals surface area contributed by atoms with E-state index in [1.165, 1.54) is 5.56 Å². The maximum absolute atomic E-state index is 12.5. The van der Waals surface area contributed by atoms with Gasteiger partial charge < -0.3 is 9.64 Å². The summed E-state index contributed by atoms with van der Waals surface area (Å²) in [5, 5.41) is 0. The highest BCUT2D eigenvalue weighted by Gasteiger charge is 2.17. The zero-order chi connectivity index (χ0) is 18.2. The molecule has 4 heteroatoms. The van der Waals surface area contributed by atoms with Gasteiger partial charge in [-0.25, -0.2) is 0 Å². The molecule has 1 saturated heterocycles. The molecule has 0 saturated carbocycles. The molecule has 1 aliphatic heterocycles. The zero-order valence-corrected chi connectivity index (χ0v) is 15.3. The zero-order valence-electron chi connectivity index (χ0n) is 15.3. The third-order valence-electron chi connectivity index (χ3n) is 4.68. The minimum absolute atomic E-state index is 0.0855. The number of nitrogens with zero attached hydrogens (tertiary/aromatic N) is 2. The predicted octanol–water partition coefficient (Wildman–Crippen LogP) is 3.44. The van der Waals surface area contributed by atoms with E-state index in [0.717, 1.165) is 50.5 Å². The van der Waals surface area contributed by atoms with Gasteiger partial charge in [0.2, 0.25) is 5.91 Å². The summed E-state index contributed by atoms with van der Waals surface area (Å²) < 4.78 is 5.15. The molecule has 0 radical (unpaired) electrons. The van der Waals surface area contributed by atoms with Crippen LogP contribution in [0.25, 0.3) is 6.08 Å². The molecule has 0 bridgehead atoms. The number of hydrogen-bond donors (Lipinski definition) is 0. The van der Waals surface area contributed by atoms with Crippen LogP contribution in [0, 0.1) is 0 Å². The molecule has 2 aromatic rings. The van der Waals surface area contributed by atoms with E-state index in [1.54, 1.807) is 13.2 Å². The van der Waals surface area contributed by atoms with Crippen LogP contribution in [0.3, 0.4) is 0 Å². The number of rotatable bonds is 5. The monoisotopic (exact) mass is 350 g/mol. The molecule has 0 N–H and O–H groups in total. The third-order valence-corrected chi connectivity index (χ3v) is 4.68. The molecule has 1 amide bonds. The van der Waals surface area contributed by atoms with Crippen molar-refractivity contribution in [3.63, 3.8) is 0 Å². The van der Waals surface area contributed by atoms with Crippen LogP contribution >= 0.6 is 0 Å². The van der Waals surface area contributed by atoms with Crippen molar-refractivity contribution in [3.05, 3.63) is 71.8 Å². The Bertz CT molecular complexity index is 726. The van der Waals surface area contributed by atoms with Gasteiger partial charge in [0.15, 0.2) is 0 Å². The van der Waals surface area contributed by atoms with Gasteiger partial charge in [-0.2, -0.15) is 0 Å². The number of amides is 1. The Hall–Kier alpha value is -2.59. The average Bonchev–Trinajstić information content (AvgIpc) is 2.93. The Morgan fingerprint density at radius 3 is 2.50 bits per heavy atom. The molecule has 1 fully saturated rings. The molecular formula is C22H26N2O2. The quantitative estimate of drug-likeness (QED) is 0.775. The maximum Gasteiger partial charge on any atom is 0.246 e. The van der Waals surface area contributed by atoms with Crippen LogP contribution in [0.5, 0.6) is 5.75 Å². The predicted molar refractivity (Wildman–Crippen MR) is 105 cm³/mol. The summed E-state index contributed by atoms with van der Waals surface area (Å²) in [7, 11) is 1.65. The molecule has 0 unspecified atom stereocenters. The lowest BCUT2D eigenvalue weighted by atomic mass is 10.2. The van der Waals surface area contributed by atoms with Crippen LogP contribution in [-0.4, -0.2) is 49.0 Å². The first-order valence-corrected chi connectivity index (χ1v) is 9.12. The highest BCUT2D eigenvalue weighted by molar-refractivity contribution is 5.91. The number of ether oxygens (including phenoxy) is 1. The van der Waals surface area contributed by atoms with Crippen LogP contribution < -0.4 is 4.74 Å². The van der Waals surface area contributed by atoms with Gasteiger partial charge in [0.1, 0.15) is 5.75 Å². The molecule has 0 atom stereocenters. The van der Waals surface area contributed by atoms with Crippen LogP contribution in [0.2, 0.25) is 0 Å². The molecule has 0 spiro atoms. The topological polar surface area (TPSA) is 32.8 Å². The number of carbonyl (C=O) groups excluding carboxylic acids is 1. The van der Waals surface area contributed by atoms with Gasteiger partial charge in [-0.15, -0.1) is 0 Å². The fourth-order valence-corrected chi connectivity index (χ4v) is 3.18. The van der Waals surface area contributed by atoms with Gasteiger partial charge in [-0.3, -0.25) is 9.69 Å². The van der Waals surface area contributed by atoms with Crippen molar-refractivity contribution in [1.29, 1.82) is 0 Å². The molecule has 0 aliphatic carbocycles. The van der Waals surface area contributed by atoms with Gasteiger partial charge in [0, 0.05) is 38.8 Å². The number of hydrogen-bond acceptors (Lipinski definition) is 3. The second-order valence-corrected chi connectivity index (χ2v) is 6.55. The molecule has 2 aromatic carbocycles. The first-order valence-electron chi connectivity index (χ1n) is 9.12. The highest BCUT2D eigenvalue weighted by Crippen LogP contribution is 2.13. The second kappa shape index (κ2) is 9.20. The smallest absolute Gasteiger partial charge is 0.246 e. The van der Waals surface area contributed by atoms with E-state index >= 15 is 0 Å². The molecule has 1 aliphatic rings. The van der Waals surface area contributed by atoms with E-state index in [2.05, 4.69) is 29.2 Å². The van der Waals surface area contributed by atoms with E-state index in [1.807, 2.05) is 41.3 Å². The van der Waals surface area contributed by atoms with E-state index in [9.17, 15) is 4.79 Å². The summed E-state index contributed by atoms with van der Waals surface area (Å²) in [4.78, 5) is 16.9. The van der Waals surface area contributed by atoms with Gasteiger partial charge in [-0.05, 0) is 35.8 Å². The largest absolute Gasteiger partial charge is 0.497 e. The van der Waals surface area contributed by atoms with Crippen molar-refractivity contribution in [3.8, 4) is 5.75 Å². The van der Waals surface area contributed by atoms with Crippen LogP contribution in [0.15, 0.2) is 60.7 Å². The fourth-order valence-electron chi connectivity index (χ4n) is 3.18. The van der Waals surface area contributed by atoms with E-state index in [0.29, 0.717) is 0 Å². The first kappa shape index (κ1) is 18.2. The summed E-state index contributed by atoms with van der Waals surface area (Å²) in [5.41, 5.74) is 2.33. The van der Waals surface area contributed by atoms with Gasteiger partial charge in [0.25, 0.3) is 0 Å². The molecule has 136 valence electrons. The van der Waals surface area contributed by atoms with Crippen LogP contribution in [0.4, 0.5) is 0 Å². The molecule has 3 rings (SSSR count). The Morgan fingerprint density at radius 1 is 1.00 bits per heavy atom. The Balaban J connectivity index is 1.52. The minimum atomic E-state index is 0.0855. The highest BCUT2D eigenvalue weighted by atomic mass is 16.5. The van der Waals surface area contributed by atoms with Gasteiger partial charge >= 0.3 is 0 Å². The second-order valence-electron chi connectivity index (χ2n) is 6.55. The van der Waals surface area contributed by atoms with E-state index in [4.69, 9.17) is 4.74 Å². The lowest BCUT2D eigenvalue weighted by Gasteiger charge is -2.21. The fraction of sp³-hybridized carbons (Fsp3) is 0.318. The van der Waals surface area contributed by atoms with Crippen molar-refractivity contribution in [1.82, 2.24) is 9.80 Å². The summed E-state index contributed by atoms with van der Waals surface area (Å²) in [6.07, 6.45) is 4.55. The van der Waals surface area contributed by atoms with Crippen molar-refractivity contribution in [2.24, 2.45) is 0 Å². The Morgan fingerprint density at radius 2 is 1.77 bits per heavy atom. The summed E-state index contributed by atoms with van der Waals surface area (Å²) in [6, 6.07) is 18.2. The van der Waals surface area contributed by atoms with Crippen molar-refractivity contribution in [2.75, 3.05) is 33.3 Å². The van der Waals surface area contributed by atoms with Crippen molar-refractivity contribution < 1.29 is 9.53 Å². The number of methoxy groups -OCH3 is 1. The first-order chi connectivity index (χ1) is 12.7. The summed E-state index contributed by atoms with van der Waals surface area (Å²) in [5.74, 6) is 0.905. The Kier molecular flexibility index (Phi) is 6.45. The third kappa shape index (κ3) is 5.20. The van der Waals surface area contributed by atoms with E-state index in [-0.39, 0.29) is 5.91 Å². The summed E-state index contributed by atoms with van der Waals surface area (Å²) in [6.45, 7) is 4.48. The molecular weight excluding hydrogens is 324 g/mol. The number of carbonyl (C=O) groups is 1. The van der Waals surface area contributed by atoms with Crippen LogP contribution in [0.1, 0.15) is 17.5 Å².